The van der Waals surface area contributed by atoms with Crippen molar-refractivity contribution in [2.24, 2.45) is 0 Å². The summed E-state index contributed by atoms with van der Waals surface area (Å²) in [7, 11) is 0. The molecule has 0 aliphatic heterocycles. The molecule has 3 N–H and O–H groups in total. The largest absolute Gasteiger partial charge is 0.573 e. The summed E-state index contributed by atoms with van der Waals surface area (Å²) in [6, 6.07) is 8.83. The van der Waals surface area contributed by atoms with E-state index in [0.29, 0.717) is 22.7 Å². The summed E-state index contributed by atoms with van der Waals surface area (Å²) < 4.78 is 40.5. The monoisotopic (exact) mass is 349 g/mol. The quantitative estimate of drug-likeness (QED) is 0.747. The minimum absolute atomic E-state index is 0.212. The van der Waals surface area contributed by atoms with Crippen LogP contribution in [0.15, 0.2) is 42.7 Å². The van der Waals surface area contributed by atoms with Crippen molar-refractivity contribution in [1.82, 2.24) is 15.0 Å². The van der Waals surface area contributed by atoms with Crippen LogP contribution in [0.1, 0.15) is 18.5 Å². The van der Waals surface area contributed by atoms with Gasteiger partial charge in [0.25, 0.3) is 0 Å². The SMILES string of the molecule is CC(Nc1ncnc2nc(N)ccc12)c1ccc(OC(F)(F)F)cc1. The summed E-state index contributed by atoms with van der Waals surface area (Å²) >= 11 is 0. The molecule has 1 unspecified atom stereocenters. The van der Waals surface area contributed by atoms with Gasteiger partial charge in [-0.15, -0.1) is 13.2 Å². The van der Waals surface area contributed by atoms with E-state index < -0.39 is 6.36 Å². The molecule has 1 aromatic carbocycles. The molecule has 0 radical (unpaired) electrons. The molecular formula is C16H14F3N5O. The minimum atomic E-state index is -4.71. The molecule has 9 heteroatoms. The number of nitrogens with two attached hydrogens (primary N) is 1. The normalized spacial score (nSPS) is 12.8. The number of nitrogen functional groups attached to an aromatic ring is 1. The van der Waals surface area contributed by atoms with Crippen LogP contribution < -0.4 is 15.8 Å². The van der Waals surface area contributed by atoms with Gasteiger partial charge in [-0.25, -0.2) is 15.0 Å². The lowest BCUT2D eigenvalue weighted by atomic mass is 10.1. The Morgan fingerprint density at radius 1 is 1.08 bits per heavy atom. The average Bonchev–Trinajstić information content (AvgIpc) is 2.54. The first kappa shape index (κ1) is 16.7. The lowest BCUT2D eigenvalue weighted by Crippen LogP contribution is -2.17. The summed E-state index contributed by atoms with van der Waals surface area (Å²) in [6.07, 6.45) is -3.34. The fraction of sp³-hybridized carbons (Fsp3) is 0.188. The van der Waals surface area contributed by atoms with Crippen LogP contribution in [-0.4, -0.2) is 21.3 Å². The number of nitrogens with zero attached hydrogens (tertiary/aromatic N) is 3. The number of nitrogens with one attached hydrogen (secondary N) is 1. The highest BCUT2D eigenvalue weighted by Crippen LogP contribution is 2.27. The van der Waals surface area contributed by atoms with Crippen LogP contribution >= 0.6 is 0 Å². The molecule has 0 amide bonds. The highest BCUT2D eigenvalue weighted by Gasteiger charge is 2.31. The Morgan fingerprint density at radius 2 is 1.80 bits per heavy atom. The number of hydrogen-bond donors (Lipinski definition) is 2. The van der Waals surface area contributed by atoms with E-state index in [1.807, 2.05) is 6.92 Å². The lowest BCUT2D eigenvalue weighted by Gasteiger charge is -2.17. The zero-order chi connectivity index (χ0) is 18.0. The Balaban J connectivity index is 1.79. The van der Waals surface area contributed by atoms with E-state index in [-0.39, 0.29) is 11.8 Å². The third-order valence-electron chi connectivity index (χ3n) is 3.49. The van der Waals surface area contributed by atoms with Gasteiger partial charge in [0.1, 0.15) is 23.7 Å². The lowest BCUT2D eigenvalue weighted by molar-refractivity contribution is -0.274. The first-order valence-electron chi connectivity index (χ1n) is 7.31. The average molecular weight is 349 g/mol. The maximum atomic E-state index is 12.2. The van der Waals surface area contributed by atoms with Gasteiger partial charge < -0.3 is 15.8 Å². The third kappa shape index (κ3) is 4.06. The number of benzene rings is 1. The molecule has 3 rings (SSSR count). The summed E-state index contributed by atoms with van der Waals surface area (Å²) in [6.45, 7) is 1.86. The number of anilines is 2. The predicted octanol–water partition coefficient (Wildman–Crippen LogP) is 3.68. The topological polar surface area (TPSA) is 86.0 Å². The van der Waals surface area contributed by atoms with Crippen molar-refractivity contribution in [2.75, 3.05) is 11.1 Å². The molecule has 0 saturated heterocycles. The summed E-state index contributed by atoms with van der Waals surface area (Å²) in [5.41, 5.74) is 6.87. The molecular weight excluding hydrogens is 335 g/mol. The van der Waals surface area contributed by atoms with Gasteiger partial charge in [0.15, 0.2) is 5.65 Å². The molecule has 0 bridgehead atoms. The number of hydrogen-bond acceptors (Lipinski definition) is 6. The zero-order valence-electron chi connectivity index (χ0n) is 13.1. The molecule has 0 saturated carbocycles. The van der Waals surface area contributed by atoms with Crippen LogP contribution in [0.3, 0.4) is 0 Å². The molecule has 0 aliphatic rings. The highest BCUT2D eigenvalue weighted by molar-refractivity contribution is 5.87. The van der Waals surface area contributed by atoms with Crippen LogP contribution in [0.2, 0.25) is 0 Å². The van der Waals surface area contributed by atoms with E-state index in [0.717, 1.165) is 5.56 Å². The molecule has 6 nitrogen and oxygen atoms in total. The second-order valence-corrected chi connectivity index (χ2v) is 5.31. The van der Waals surface area contributed by atoms with Crippen molar-refractivity contribution in [3.8, 4) is 5.75 Å². The highest BCUT2D eigenvalue weighted by atomic mass is 19.4. The Hall–Kier alpha value is -3.10. The first-order valence-corrected chi connectivity index (χ1v) is 7.31. The summed E-state index contributed by atoms with van der Waals surface area (Å²) in [4.78, 5) is 12.4. The standard InChI is InChI=1S/C16H14F3N5O/c1-9(10-2-4-11(5-3-10)25-16(17,18)19)23-14-12-6-7-13(20)24-15(12)22-8-21-14/h2-9H,1H3,(H3,20,21,22,23,24). The molecule has 0 aliphatic carbocycles. The van der Waals surface area contributed by atoms with E-state index in [1.165, 1.54) is 18.5 Å². The predicted molar refractivity (Wildman–Crippen MR) is 86.9 cm³/mol. The molecule has 1 atom stereocenters. The van der Waals surface area contributed by atoms with E-state index in [1.54, 1.807) is 24.3 Å². The van der Waals surface area contributed by atoms with Gasteiger partial charge in [0, 0.05) is 6.04 Å². The fourth-order valence-electron chi connectivity index (χ4n) is 2.32. The van der Waals surface area contributed by atoms with Gasteiger partial charge >= 0.3 is 6.36 Å². The number of pyridine rings is 1. The Bertz CT molecular complexity index is 883. The van der Waals surface area contributed by atoms with Crippen molar-refractivity contribution < 1.29 is 17.9 Å². The Morgan fingerprint density at radius 3 is 2.48 bits per heavy atom. The van der Waals surface area contributed by atoms with Gasteiger partial charge in [-0.2, -0.15) is 0 Å². The van der Waals surface area contributed by atoms with Crippen LogP contribution in [0, 0.1) is 0 Å². The van der Waals surface area contributed by atoms with Crippen LogP contribution in [0.25, 0.3) is 11.0 Å². The van der Waals surface area contributed by atoms with Crippen LogP contribution in [0.5, 0.6) is 5.75 Å². The molecule has 0 fully saturated rings. The number of alkyl halides is 3. The molecule has 25 heavy (non-hydrogen) atoms. The van der Waals surface area contributed by atoms with E-state index in [4.69, 9.17) is 5.73 Å². The van der Waals surface area contributed by atoms with Gasteiger partial charge in [-0.05, 0) is 36.8 Å². The molecule has 130 valence electrons. The summed E-state index contributed by atoms with van der Waals surface area (Å²) in [5.74, 6) is 0.640. The third-order valence-corrected chi connectivity index (χ3v) is 3.49. The second-order valence-electron chi connectivity index (χ2n) is 5.31. The molecule has 2 aromatic heterocycles. The fourth-order valence-corrected chi connectivity index (χ4v) is 2.32. The number of rotatable bonds is 4. The number of halogens is 3. The van der Waals surface area contributed by atoms with Crippen molar-refractivity contribution in [3.63, 3.8) is 0 Å². The van der Waals surface area contributed by atoms with Crippen molar-refractivity contribution in [1.29, 1.82) is 0 Å². The Labute approximate surface area is 140 Å². The van der Waals surface area contributed by atoms with Crippen molar-refractivity contribution >= 4 is 22.7 Å². The van der Waals surface area contributed by atoms with Gasteiger partial charge in [-0.1, -0.05) is 12.1 Å². The second kappa shape index (κ2) is 6.42. The van der Waals surface area contributed by atoms with Crippen molar-refractivity contribution in [2.45, 2.75) is 19.3 Å². The van der Waals surface area contributed by atoms with E-state index in [2.05, 4.69) is 25.0 Å². The number of aromatic nitrogens is 3. The van der Waals surface area contributed by atoms with Gasteiger partial charge in [0.2, 0.25) is 0 Å². The molecule has 2 heterocycles. The number of ether oxygens (including phenoxy) is 1. The summed E-state index contributed by atoms with van der Waals surface area (Å²) in [5, 5.41) is 3.89. The van der Waals surface area contributed by atoms with Gasteiger partial charge in [0.05, 0.1) is 5.39 Å². The smallest absolute Gasteiger partial charge is 0.406 e. The van der Waals surface area contributed by atoms with Crippen molar-refractivity contribution in [3.05, 3.63) is 48.3 Å². The first-order chi connectivity index (χ1) is 11.8. The maximum Gasteiger partial charge on any atom is 0.573 e. The number of fused-ring (bicyclic) bond motifs is 1. The van der Waals surface area contributed by atoms with Crippen LogP contribution in [0.4, 0.5) is 24.8 Å². The van der Waals surface area contributed by atoms with E-state index >= 15 is 0 Å². The van der Waals surface area contributed by atoms with E-state index in [9.17, 15) is 13.2 Å². The van der Waals surface area contributed by atoms with Crippen LogP contribution in [-0.2, 0) is 0 Å². The Kier molecular flexibility index (Phi) is 4.30. The molecule has 0 spiro atoms. The minimum Gasteiger partial charge on any atom is -0.406 e. The zero-order valence-corrected chi connectivity index (χ0v) is 13.1. The van der Waals surface area contributed by atoms with Gasteiger partial charge in [-0.3, -0.25) is 0 Å². The maximum absolute atomic E-state index is 12.2. The molecule has 3 aromatic rings.